The maximum absolute atomic E-state index is 12.3. The van der Waals surface area contributed by atoms with Crippen molar-refractivity contribution in [2.45, 2.75) is 6.92 Å². The van der Waals surface area contributed by atoms with Gasteiger partial charge in [0.15, 0.2) is 11.5 Å². The van der Waals surface area contributed by atoms with Crippen molar-refractivity contribution < 1.29 is 23.2 Å². The molecule has 2 amide bonds. The molecule has 2 N–H and O–H groups in total. The summed E-state index contributed by atoms with van der Waals surface area (Å²) in [5, 5.41) is 5.09. The third-order valence-electron chi connectivity index (χ3n) is 3.14. The number of rotatable bonds is 6. The highest BCUT2D eigenvalue weighted by molar-refractivity contribution is 6.04. The van der Waals surface area contributed by atoms with Crippen LogP contribution in [0.5, 0.6) is 5.75 Å². The number of nitrogens with one attached hydrogen (secondary N) is 2. The van der Waals surface area contributed by atoms with Crippen LogP contribution in [0, 0.1) is 0 Å². The van der Waals surface area contributed by atoms with E-state index in [1.165, 1.54) is 12.3 Å². The molecule has 25 heavy (non-hydrogen) atoms. The Morgan fingerprint density at radius 3 is 2.68 bits per heavy atom. The molecule has 3 aromatic rings. The summed E-state index contributed by atoms with van der Waals surface area (Å²) in [4.78, 5) is 28.1. The fourth-order valence-corrected chi connectivity index (χ4v) is 2.04. The minimum Gasteiger partial charge on any atom is -0.492 e. The molecular weight excluding hydrogens is 326 g/mol. The van der Waals surface area contributed by atoms with Crippen LogP contribution in [0.25, 0.3) is 0 Å². The van der Waals surface area contributed by atoms with E-state index in [1.54, 1.807) is 30.3 Å². The van der Waals surface area contributed by atoms with E-state index in [0.29, 0.717) is 18.0 Å². The molecule has 0 radical (unpaired) electrons. The predicted octanol–water partition coefficient (Wildman–Crippen LogP) is 3.17. The number of para-hydroxylation sites is 2. The maximum atomic E-state index is 12.3. The van der Waals surface area contributed by atoms with Crippen LogP contribution in [0.1, 0.15) is 28.0 Å². The number of nitrogens with zero attached hydrogens (tertiary/aromatic N) is 1. The molecule has 0 saturated heterocycles. The van der Waals surface area contributed by atoms with E-state index >= 15 is 0 Å². The quantitative estimate of drug-likeness (QED) is 0.713. The number of anilines is 2. The number of carbonyl (C=O) groups excluding carboxylic acids is 2. The van der Waals surface area contributed by atoms with Gasteiger partial charge < -0.3 is 18.9 Å². The molecular formula is C17H15N3O5. The smallest absolute Gasteiger partial charge is 0.302 e. The number of hydrogen-bond acceptors (Lipinski definition) is 6. The van der Waals surface area contributed by atoms with E-state index in [9.17, 15) is 9.59 Å². The van der Waals surface area contributed by atoms with Crippen molar-refractivity contribution in [2.75, 3.05) is 17.2 Å². The van der Waals surface area contributed by atoms with E-state index in [1.807, 2.05) is 6.92 Å². The zero-order chi connectivity index (χ0) is 17.6. The summed E-state index contributed by atoms with van der Waals surface area (Å²) in [6.45, 7) is 2.32. The van der Waals surface area contributed by atoms with Crippen molar-refractivity contribution >= 4 is 23.5 Å². The maximum Gasteiger partial charge on any atom is 0.302 e. The van der Waals surface area contributed by atoms with Crippen molar-refractivity contribution in [1.29, 1.82) is 0 Å². The monoisotopic (exact) mass is 341 g/mol. The molecule has 128 valence electrons. The predicted molar refractivity (Wildman–Crippen MR) is 88.7 cm³/mol. The lowest BCUT2D eigenvalue weighted by atomic mass is 10.3. The third kappa shape index (κ3) is 3.86. The van der Waals surface area contributed by atoms with Gasteiger partial charge in [0, 0.05) is 0 Å². The molecule has 8 heteroatoms. The van der Waals surface area contributed by atoms with Gasteiger partial charge in [-0.25, -0.2) is 0 Å². The lowest BCUT2D eigenvalue weighted by molar-refractivity contribution is 0.0990. The van der Waals surface area contributed by atoms with Crippen LogP contribution in [0.3, 0.4) is 0 Å². The molecule has 0 fully saturated rings. The Hall–Kier alpha value is -3.55. The molecule has 0 atom stereocenters. The minimum absolute atomic E-state index is 0.0149. The molecule has 2 aromatic heterocycles. The SMILES string of the molecule is CCOc1ccccc1NC(=O)c1coc(NC(=O)c2ccco2)n1. The highest BCUT2D eigenvalue weighted by atomic mass is 16.5. The highest BCUT2D eigenvalue weighted by Crippen LogP contribution is 2.24. The molecule has 3 rings (SSSR count). The Labute approximate surface area is 142 Å². The van der Waals surface area contributed by atoms with Gasteiger partial charge in [-0.1, -0.05) is 12.1 Å². The normalized spacial score (nSPS) is 10.3. The number of ether oxygens (including phenoxy) is 1. The first-order chi connectivity index (χ1) is 12.2. The molecule has 8 nitrogen and oxygen atoms in total. The number of oxazole rings is 1. The summed E-state index contributed by atoms with van der Waals surface area (Å²) in [7, 11) is 0. The Balaban J connectivity index is 1.68. The standard InChI is InChI=1S/C17H15N3O5/c1-2-23-13-7-4-3-6-11(13)18-15(21)12-10-25-17(19-12)20-16(22)14-8-5-9-24-14/h3-10H,2H2,1H3,(H,18,21)(H,19,20,22). The van der Waals surface area contributed by atoms with E-state index in [2.05, 4.69) is 15.6 Å². The van der Waals surface area contributed by atoms with Crippen molar-refractivity contribution in [3.8, 4) is 5.75 Å². The summed E-state index contributed by atoms with van der Waals surface area (Å²) < 4.78 is 15.5. The van der Waals surface area contributed by atoms with Gasteiger partial charge >= 0.3 is 6.01 Å². The van der Waals surface area contributed by atoms with Gasteiger partial charge in [0.1, 0.15) is 12.0 Å². The van der Waals surface area contributed by atoms with Gasteiger partial charge in [0.25, 0.3) is 11.8 Å². The third-order valence-corrected chi connectivity index (χ3v) is 3.14. The summed E-state index contributed by atoms with van der Waals surface area (Å²) in [5.41, 5.74) is 0.527. The van der Waals surface area contributed by atoms with Gasteiger partial charge in [-0.2, -0.15) is 4.98 Å². The van der Waals surface area contributed by atoms with Crippen molar-refractivity contribution in [2.24, 2.45) is 0 Å². The molecule has 0 aliphatic rings. The molecule has 0 aliphatic heterocycles. The van der Waals surface area contributed by atoms with Crippen LogP contribution in [0.2, 0.25) is 0 Å². The van der Waals surface area contributed by atoms with E-state index in [-0.39, 0.29) is 17.5 Å². The van der Waals surface area contributed by atoms with Crippen LogP contribution in [0.15, 0.2) is 57.8 Å². The van der Waals surface area contributed by atoms with Crippen molar-refractivity contribution in [3.63, 3.8) is 0 Å². The van der Waals surface area contributed by atoms with Crippen LogP contribution in [0.4, 0.5) is 11.7 Å². The highest BCUT2D eigenvalue weighted by Gasteiger charge is 2.17. The summed E-state index contributed by atoms with van der Waals surface area (Å²) >= 11 is 0. The Kier molecular flexibility index (Phi) is 4.79. The summed E-state index contributed by atoms with van der Waals surface area (Å²) in [6.07, 6.45) is 2.52. The van der Waals surface area contributed by atoms with Crippen LogP contribution in [-0.4, -0.2) is 23.4 Å². The van der Waals surface area contributed by atoms with Crippen LogP contribution in [-0.2, 0) is 0 Å². The van der Waals surface area contributed by atoms with Gasteiger partial charge in [-0.3, -0.25) is 14.9 Å². The Bertz CT molecular complexity index is 870. The zero-order valence-corrected chi connectivity index (χ0v) is 13.3. The first kappa shape index (κ1) is 16.3. The van der Waals surface area contributed by atoms with Gasteiger partial charge in [-0.15, -0.1) is 0 Å². The zero-order valence-electron chi connectivity index (χ0n) is 13.3. The van der Waals surface area contributed by atoms with E-state index in [0.717, 1.165) is 6.26 Å². The summed E-state index contributed by atoms with van der Waals surface area (Å²) in [5.74, 6) is -0.363. The lowest BCUT2D eigenvalue weighted by Gasteiger charge is -2.09. The van der Waals surface area contributed by atoms with Gasteiger partial charge in [-0.05, 0) is 31.2 Å². The van der Waals surface area contributed by atoms with E-state index < -0.39 is 11.8 Å². The second kappa shape index (κ2) is 7.35. The van der Waals surface area contributed by atoms with Gasteiger partial charge in [0.05, 0.1) is 18.6 Å². The Morgan fingerprint density at radius 1 is 1.08 bits per heavy atom. The molecule has 0 aliphatic carbocycles. The molecule has 0 spiro atoms. The first-order valence-corrected chi connectivity index (χ1v) is 7.51. The van der Waals surface area contributed by atoms with Crippen molar-refractivity contribution in [3.05, 3.63) is 60.4 Å². The van der Waals surface area contributed by atoms with Crippen molar-refractivity contribution in [1.82, 2.24) is 4.98 Å². The molecule has 0 saturated carbocycles. The largest absolute Gasteiger partial charge is 0.492 e. The molecule has 0 unspecified atom stereocenters. The fourth-order valence-electron chi connectivity index (χ4n) is 2.04. The molecule has 1 aromatic carbocycles. The number of hydrogen-bond donors (Lipinski definition) is 2. The first-order valence-electron chi connectivity index (χ1n) is 7.51. The number of furan rings is 1. The fraction of sp³-hybridized carbons (Fsp3) is 0.118. The van der Waals surface area contributed by atoms with Crippen LogP contribution >= 0.6 is 0 Å². The lowest BCUT2D eigenvalue weighted by Crippen LogP contribution is -2.14. The number of carbonyl (C=O) groups is 2. The average Bonchev–Trinajstić information content (AvgIpc) is 3.28. The molecule has 2 heterocycles. The number of aromatic nitrogens is 1. The topological polar surface area (TPSA) is 107 Å². The van der Waals surface area contributed by atoms with Gasteiger partial charge in [0.2, 0.25) is 0 Å². The molecule has 0 bridgehead atoms. The second-order valence-electron chi connectivity index (χ2n) is 4.85. The average molecular weight is 341 g/mol. The second-order valence-corrected chi connectivity index (χ2v) is 4.85. The van der Waals surface area contributed by atoms with Crippen LogP contribution < -0.4 is 15.4 Å². The van der Waals surface area contributed by atoms with E-state index in [4.69, 9.17) is 13.6 Å². The number of amides is 2. The number of benzene rings is 1. The minimum atomic E-state index is -0.527. The summed E-state index contributed by atoms with van der Waals surface area (Å²) in [6, 6.07) is 10.0. The Morgan fingerprint density at radius 2 is 1.92 bits per heavy atom.